The van der Waals surface area contributed by atoms with Crippen molar-refractivity contribution < 1.29 is 0 Å². The highest BCUT2D eigenvalue weighted by molar-refractivity contribution is 5.97. The summed E-state index contributed by atoms with van der Waals surface area (Å²) in [5.41, 5.74) is 2.15. The normalized spacial score (nSPS) is 20.4. The first-order valence-electron chi connectivity index (χ1n) is 3.63. The van der Waals surface area contributed by atoms with Crippen molar-refractivity contribution in [2.45, 2.75) is 13.3 Å². The second-order valence-electron chi connectivity index (χ2n) is 2.69. The van der Waals surface area contributed by atoms with E-state index >= 15 is 0 Å². The highest BCUT2D eigenvalue weighted by Crippen LogP contribution is 2.06. The van der Waals surface area contributed by atoms with Gasteiger partial charge in [-0.05, 0) is 13.3 Å². The summed E-state index contributed by atoms with van der Waals surface area (Å²) in [4.78, 5) is 6.49. The van der Waals surface area contributed by atoms with Crippen molar-refractivity contribution in [1.82, 2.24) is 4.90 Å². The van der Waals surface area contributed by atoms with Crippen LogP contribution >= 0.6 is 0 Å². The fourth-order valence-corrected chi connectivity index (χ4v) is 1.06. The Balaban J connectivity index is 2.72. The van der Waals surface area contributed by atoms with Crippen LogP contribution in [0.5, 0.6) is 0 Å². The molecule has 0 aliphatic carbocycles. The van der Waals surface area contributed by atoms with Crippen molar-refractivity contribution in [2.75, 3.05) is 20.1 Å². The standard InChI is InChI=1S/C8H14N2/c1-7-8(2)10(3)6-4-5-9-7/h2,4-6H2,1,3H3. The predicted molar refractivity (Wildman–Crippen MR) is 44.4 cm³/mol. The Bertz CT molecular complexity index is 170. The third kappa shape index (κ3) is 1.38. The van der Waals surface area contributed by atoms with E-state index in [4.69, 9.17) is 0 Å². The molecule has 0 atom stereocenters. The lowest BCUT2D eigenvalue weighted by Crippen LogP contribution is -2.20. The maximum atomic E-state index is 4.33. The molecule has 0 amide bonds. The first kappa shape index (κ1) is 7.32. The number of nitrogens with zero attached hydrogens (tertiary/aromatic N) is 2. The van der Waals surface area contributed by atoms with Crippen molar-refractivity contribution in [3.05, 3.63) is 12.3 Å². The van der Waals surface area contributed by atoms with E-state index in [1.165, 1.54) is 0 Å². The minimum absolute atomic E-state index is 0.954. The molecule has 56 valence electrons. The van der Waals surface area contributed by atoms with Gasteiger partial charge in [-0.1, -0.05) is 6.58 Å². The topological polar surface area (TPSA) is 15.6 Å². The van der Waals surface area contributed by atoms with Gasteiger partial charge in [-0.2, -0.15) is 0 Å². The van der Waals surface area contributed by atoms with Gasteiger partial charge in [-0.3, -0.25) is 4.99 Å². The zero-order valence-electron chi connectivity index (χ0n) is 6.72. The van der Waals surface area contributed by atoms with Gasteiger partial charge < -0.3 is 4.90 Å². The van der Waals surface area contributed by atoms with Crippen LogP contribution in [0.1, 0.15) is 13.3 Å². The van der Waals surface area contributed by atoms with E-state index in [2.05, 4.69) is 23.5 Å². The summed E-state index contributed by atoms with van der Waals surface area (Å²) in [7, 11) is 2.06. The van der Waals surface area contributed by atoms with E-state index in [1.807, 2.05) is 6.92 Å². The molecule has 0 aromatic heterocycles. The van der Waals surface area contributed by atoms with Gasteiger partial charge in [0.05, 0.1) is 11.4 Å². The second-order valence-corrected chi connectivity index (χ2v) is 2.69. The van der Waals surface area contributed by atoms with Crippen LogP contribution in [0.3, 0.4) is 0 Å². The Labute approximate surface area is 62.3 Å². The van der Waals surface area contributed by atoms with Crippen LogP contribution in [-0.2, 0) is 0 Å². The number of hydrogen-bond acceptors (Lipinski definition) is 2. The van der Waals surface area contributed by atoms with Gasteiger partial charge in [0.25, 0.3) is 0 Å². The lowest BCUT2D eigenvalue weighted by atomic mass is 10.3. The fourth-order valence-electron chi connectivity index (χ4n) is 1.06. The molecule has 2 nitrogen and oxygen atoms in total. The quantitative estimate of drug-likeness (QED) is 0.492. The summed E-state index contributed by atoms with van der Waals surface area (Å²) in [6.45, 7) is 7.99. The number of aliphatic imine (C=N–C) groups is 1. The fraction of sp³-hybridized carbons (Fsp3) is 0.625. The molecule has 0 unspecified atom stereocenters. The summed E-state index contributed by atoms with van der Waals surface area (Å²) < 4.78 is 0. The maximum absolute atomic E-state index is 4.33. The summed E-state index contributed by atoms with van der Waals surface area (Å²) in [6, 6.07) is 0. The molecule has 0 N–H and O–H groups in total. The molecule has 0 fully saturated rings. The minimum atomic E-state index is 0.954. The Morgan fingerprint density at radius 3 is 3.00 bits per heavy atom. The van der Waals surface area contributed by atoms with E-state index in [0.717, 1.165) is 30.9 Å². The molecule has 2 heteroatoms. The van der Waals surface area contributed by atoms with Crippen LogP contribution in [0.25, 0.3) is 0 Å². The molecular weight excluding hydrogens is 124 g/mol. The Kier molecular flexibility index (Phi) is 2.10. The van der Waals surface area contributed by atoms with Crippen LogP contribution < -0.4 is 0 Å². The lowest BCUT2D eigenvalue weighted by Gasteiger charge is -2.17. The molecule has 0 aromatic rings. The molecule has 10 heavy (non-hydrogen) atoms. The van der Waals surface area contributed by atoms with Gasteiger partial charge in [0.15, 0.2) is 0 Å². The number of allylic oxidation sites excluding steroid dienone is 1. The Morgan fingerprint density at radius 2 is 2.30 bits per heavy atom. The lowest BCUT2D eigenvalue weighted by molar-refractivity contribution is 0.439. The summed E-state index contributed by atoms with van der Waals surface area (Å²) in [5.74, 6) is 0. The summed E-state index contributed by atoms with van der Waals surface area (Å²) >= 11 is 0. The van der Waals surface area contributed by atoms with Gasteiger partial charge in [0, 0.05) is 20.1 Å². The van der Waals surface area contributed by atoms with E-state index in [1.54, 1.807) is 0 Å². The molecular formula is C8H14N2. The molecule has 1 aliphatic heterocycles. The molecule has 0 aromatic carbocycles. The first-order valence-corrected chi connectivity index (χ1v) is 3.63. The van der Waals surface area contributed by atoms with Gasteiger partial charge in [0.2, 0.25) is 0 Å². The largest absolute Gasteiger partial charge is 0.374 e. The van der Waals surface area contributed by atoms with Crippen molar-refractivity contribution in [1.29, 1.82) is 0 Å². The Morgan fingerprint density at radius 1 is 1.60 bits per heavy atom. The minimum Gasteiger partial charge on any atom is -0.374 e. The second kappa shape index (κ2) is 2.86. The average molecular weight is 138 g/mol. The molecule has 1 heterocycles. The van der Waals surface area contributed by atoms with E-state index in [9.17, 15) is 0 Å². The van der Waals surface area contributed by atoms with Crippen LogP contribution in [-0.4, -0.2) is 30.7 Å². The molecule has 0 saturated heterocycles. The van der Waals surface area contributed by atoms with E-state index in [-0.39, 0.29) is 0 Å². The first-order chi connectivity index (χ1) is 4.72. The smallest absolute Gasteiger partial charge is 0.0544 e. The van der Waals surface area contributed by atoms with Crippen LogP contribution in [0.2, 0.25) is 0 Å². The maximum Gasteiger partial charge on any atom is 0.0544 e. The molecule has 0 saturated carbocycles. The van der Waals surface area contributed by atoms with Gasteiger partial charge >= 0.3 is 0 Å². The summed E-state index contributed by atoms with van der Waals surface area (Å²) in [5, 5.41) is 0. The summed E-state index contributed by atoms with van der Waals surface area (Å²) in [6.07, 6.45) is 1.15. The third-order valence-electron chi connectivity index (χ3n) is 1.88. The number of rotatable bonds is 0. The molecule has 1 aliphatic rings. The van der Waals surface area contributed by atoms with E-state index in [0.29, 0.717) is 0 Å². The molecule has 0 radical (unpaired) electrons. The SMILES string of the molecule is C=C1C(C)=NCCCN1C. The zero-order chi connectivity index (χ0) is 7.56. The van der Waals surface area contributed by atoms with Crippen molar-refractivity contribution >= 4 is 5.71 Å². The van der Waals surface area contributed by atoms with Crippen LogP contribution in [0.15, 0.2) is 17.3 Å². The third-order valence-corrected chi connectivity index (χ3v) is 1.88. The number of hydrogen-bond donors (Lipinski definition) is 0. The van der Waals surface area contributed by atoms with Gasteiger partial charge in [-0.25, -0.2) is 0 Å². The molecule has 0 bridgehead atoms. The van der Waals surface area contributed by atoms with Crippen molar-refractivity contribution in [3.8, 4) is 0 Å². The predicted octanol–water partition coefficient (Wildman–Crippen LogP) is 1.30. The average Bonchev–Trinajstić information content (AvgIpc) is 2.04. The van der Waals surface area contributed by atoms with E-state index < -0.39 is 0 Å². The highest BCUT2D eigenvalue weighted by Gasteiger charge is 2.07. The van der Waals surface area contributed by atoms with Crippen molar-refractivity contribution in [3.63, 3.8) is 0 Å². The van der Waals surface area contributed by atoms with Gasteiger partial charge in [0.1, 0.15) is 0 Å². The molecule has 0 spiro atoms. The highest BCUT2D eigenvalue weighted by atomic mass is 15.1. The Hall–Kier alpha value is -0.790. The van der Waals surface area contributed by atoms with Crippen LogP contribution in [0.4, 0.5) is 0 Å². The molecule has 1 rings (SSSR count). The van der Waals surface area contributed by atoms with Gasteiger partial charge in [-0.15, -0.1) is 0 Å². The van der Waals surface area contributed by atoms with Crippen molar-refractivity contribution in [2.24, 2.45) is 4.99 Å². The van der Waals surface area contributed by atoms with Crippen LogP contribution in [0, 0.1) is 0 Å². The zero-order valence-corrected chi connectivity index (χ0v) is 6.72. The monoisotopic (exact) mass is 138 g/mol.